The normalized spacial score (nSPS) is 12.3. The quantitative estimate of drug-likeness (QED) is 0.816. The van der Waals surface area contributed by atoms with E-state index in [2.05, 4.69) is 0 Å². The minimum absolute atomic E-state index is 0. The number of nitrogens with one attached hydrogen (secondary N) is 1. The van der Waals surface area contributed by atoms with Crippen LogP contribution in [0.5, 0.6) is 0 Å². The van der Waals surface area contributed by atoms with Crippen molar-refractivity contribution < 1.29 is 17.2 Å². The molecule has 1 aromatic carbocycles. The molecule has 3 N–H and O–H groups in total. The molecule has 21 heavy (non-hydrogen) atoms. The molecule has 9 heteroatoms. The lowest BCUT2D eigenvalue weighted by Crippen LogP contribution is -2.41. The average molecular weight is 363 g/mol. The Hall–Kier alpha value is -0.470. The van der Waals surface area contributed by atoms with Crippen LogP contribution in [0.2, 0.25) is 5.02 Å². The number of rotatable bonds is 6. The number of hydrogen-bond acceptors (Lipinski definition) is 3. The van der Waals surface area contributed by atoms with Gasteiger partial charge in [-0.3, -0.25) is 0 Å². The van der Waals surface area contributed by atoms with Gasteiger partial charge in [-0.15, -0.1) is 12.4 Å². The second kappa shape index (κ2) is 7.69. The zero-order valence-corrected chi connectivity index (χ0v) is 14.0. The summed E-state index contributed by atoms with van der Waals surface area (Å²) < 4.78 is 51.9. The largest absolute Gasteiger partial charge is 0.325 e. The lowest BCUT2D eigenvalue weighted by molar-refractivity contribution is 0.0170. The number of hydrogen-bond donors (Lipinski definition) is 2. The van der Waals surface area contributed by atoms with E-state index in [0.717, 1.165) is 5.56 Å². The lowest BCUT2D eigenvalue weighted by atomic mass is 10.0. The number of alkyl halides is 2. The first kappa shape index (κ1) is 20.5. The Morgan fingerprint density at radius 1 is 1.38 bits per heavy atom. The highest BCUT2D eigenvalue weighted by Crippen LogP contribution is 2.26. The second-order valence-electron chi connectivity index (χ2n) is 4.73. The first-order valence-electron chi connectivity index (χ1n) is 5.96. The van der Waals surface area contributed by atoms with Gasteiger partial charge in [-0.1, -0.05) is 31.5 Å². The van der Waals surface area contributed by atoms with Crippen molar-refractivity contribution in [2.75, 3.05) is 13.1 Å². The minimum Gasteiger partial charge on any atom is -0.325 e. The molecule has 0 aliphatic heterocycles. The third-order valence-electron chi connectivity index (χ3n) is 2.73. The molecule has 0 fully saturated rings. The molecule has 0 radical (unpaired) electrons. The molecule has 1 aromatic rings. The third kappa shape index (κ3) is 5.67. The summed E-state index contributed by atoms with van der Waals surface area (Å²) in [5, 5.41) is -0.0158. The predicted molar refractivity (Wildman–Crippen MR) is 82.0 cm³/mol. The molecule has 122 valence electrons. The molecule has 0 atom stereocenters. The smallest absolute Gasteiger partial charge is 0.273 e. The van der Waals surface area contributed by atoms with Crippen LogP contribution >= 0.6 is 24.0 Å². The van der Waals surface area contributed by atoms with Gasteiger partial charge in [-0.25, -0.2) is 21.9 Å². The van der Waals surface area contributed by atoms with Crippen LogP contribution in [0, 0.1) is 0 Å². The fourth-order valence-corrected chi connectivity index (χ4v) is 3.03. The van der Waals surface area contributed by atoms with Crippen LogP contribution in [-0.2, 0) is 10.0 Å². The van der Waals surface area contributed by atoms with Crippen molar-refractivity contribution in [3.63, 3.8) is 0 Å². The van der Waals surface area contributed by atoms with E-state index in [4.69, 9.17) is 17.3 Å². The van der Waals surface area contributed by atoms with Gasteiger partial charge in [0.25, 0.3) is 5.92 Å². The van der Waals surface area contributed by atoms with Gasteiger partial charge in [-0.05, 0) is 23.6 Å². The lowest BCUT2D eigenvalue weighted by Gasteiger charge is -2.16. The summed E-state index contributed by atoms with van der Waals surface area (Å²) in [5.74, 6) is -3.21. The predicted octanol–water partition coefficient (Wildman–Crippen LogP) is 2.76. The van der Waals surface area contributed by atoms with Crippen LogP contribution < -0.4 is 10.5 Å². The number of benzene rings is 1. The molecule has 0 aliphatic carbocycles. The Bertz CT molecular complexity index is 581. The maximum atomic E-state index is 13.0. The number of nitrogens with two attached hydrogens (primary N) is 1. The summed E-state index contributed by atoms with van der Waals surface area (Å²) in [7, 11) is -4.11. The molecule has 0 spiro atoms. The van der Waals surface area contributed by atoms with Crippen molar-refractivity contribution >= 4 is 34.0 Å². The van der Waals surface area contributed by atoms with E-state index in [-0.39, 0.29) is 28.2 Å². The summed E-state index contributed by atoms with van der Waals surface area (Å²) in [5.41, 5.74) is 5.61. The SMILES string of the molecule is CC(C)c1ccc(Cl)c(S(=O)(=O)NCC(F)(F)CN)c1.Cl. The zero-order valence-electron chi connectivity index (χ0n) is 11.6. The van der Waals surface area contributed by atoms with E-state index < -0.39 is 29.0 Å². The van der Waals surface area contributed by atoms with Gasteiger partial charge < -0.3 is 5.73 Å². The Balaban J connectivity index is 0.00000400. The average Bonchev–Trinajstić information content (AvgIpc) is 2.37. The van der Waals surface area contributed by atoms with Gasteiger partial charge in [0, 0.05) is 0 Å². The Labute approximate surface area is 134 Å². The van der Waals surface area contributed by atoms with Crippen LogP contribution in [0.15, 0.2) is 23.1 Å². The molecule has 0 saturated carbocycles. The van der Waals surface area contributed by atoms with Crippen molar-refractivity contribution in [3.8, 4) is 0 Å². The monoisotopic (exact) mass is 362 g/mol. The molecular formula is C12H18Cl2F2N2O2S. The molecular weight excluding hydrogens is 345 g/mol. The van der Waals surface area contributed by atoms with Gasteiger partial charge in [0.15, 0.2) is 0 Å². The molecule has 0 bridgehead atoms. The third-order valence-corrected chi connectivity index (χ3v) is 4.61. The molecule has 1 rings (SSSR count). The van der Waals surface area contributed by atoms with E-state index in [1.165, 1.54) is 12.1 Å². The zero-order chi connectivity index (χ0) is 15.6. The van der Waals surface area contributed by atoms with Crippen molar-refractivity contribution in [3.05, 3.63) is 28.8 Å². The molecule has 0 aromatic heterocycles. The van der Waals surface area contributed by atoms with Gasteiger partial charge >= 0.3 is 0 Å². The van der Waals surface area contributed by atoms with Gasteiger partial charge in [0.1, 0.15) is 4.90 Å². The summed E-state index contributed by atoms with van der Waals surface area (Å²) in [6.07, 6.45) is 0. The van der Waals surface area contributed by atoms with Gasteiger partial charge in [0.05, 0.1) is 18.1 Å². The Morgan fingerprint density at radius 3 is 2.43 bits per heavy atom. The first-order valence-corrected chi connectivity index (χ1v) is 7.82. The van der Waals surface area contributed by atoms with Crippen LogP contribution in [0.1, 0.15) is 25.3 Å². The molecule has 4 nitrogen and oxygen atoms in total. The Morgan fingerprint density at radius 2 is 1.95 bits per heavy atom. The van der Waals surface area contributed by atoms with E-state index in [1.54, 1.807) is 6.07 Å². The fraction of sp³-hybridized carbons (Fsp3) is 0.500. The standard InChI is InChI=1S/C12H17ClF2N2O2S.ClH/c1-8(2)9-3-4-10(13)11(5-9)20(18,19)17-7-12(14,15)6-16;/h3-5,8,17H,6-7,16H2,1-2H3;1H. The van der Waals surface area contributed by atoms with Crippen molar-refractivity contribution in [2.45, 2.75) is 30.6 Å². The van der Waals surface area contributed by atoms with Crippen LogP contribution in [0.4, 0.5) is 8.78 Å². The summed E-state index contributed by atoms with van der Waals surface area (Å²) in [6.45, 7) is 1.77. The fourth-order valence-electron chi connectivity index (χ4n) is 1.44. The summed E-state index contributed by atoms with van der Waals surface area (Å²) in [6, 6.07) is 4.52. The van der Waals surface area contributed by atoms with Crippen molar-refractivity contribution in [1.82, 2.24) is 4.72 Å². The van der Waals surface area contributed by atoms with E-state index in [9.17, 15) is 17.2 Å². The highest BCUT2D eigenvalue weighted by molar-refractivity contribution is 7.89. The number of sulfonamides is 1. The van der Waals surface area contributed by atoms with Crippen LogP contribution in [0.25, 0.3) is 0 Å². The van der Waals surface area contributed by atoms with Crippen molar-refractivity contribution in [2.24, 2.45) is 5.73 Å². The second-order valence-corrected chi connectivity index (χ2v) is 6.87. The summed E-state index contributed by atoms with van der Waals surface area (Å²) >= 11 is 5.84. The maximum absolute atomic E-state index is 13.0. The minimum atomic E-state index is -4.11. The van der Waals surface area contributed by atoms with E-state index in [0.29, 0.717) is 0 Å². The molecule has 0 unspecified atom stereocenters. The number of halogens is 4. The molecule has 0 amide bonds. The highest BCUT2D eigenvalue weighted by atomic mass is 35.5. The topological polar surface area (TPSA) is 72.2 Å². The van der Waals surface area contributed by atoms with Gasteiger partial charge in [0.2, 0.25) is 10.0 Å². The Kier molecular flexibility index (Phi) is 7.52. The van der Waals surface area contributed by atoms with Gasteiger partial charge in [-0.2, -0.15) is 0 Å². The molecule has 0 saturated heterocycles. The molecule has 0 aliphatic rings. The highest BCUT2D eigenvalue weighted by Gasteiger charge is 2.30. The van der Waals surface area contributed by atoms with Crippen molar-refractivity contribution in [1.29, 1.82) is 0 Å². The van der Waals surface area contributed by atoms with Crippen LogP contribution in [-0.4, -0.2) is 27.4 Å². The summed E-state index contributed by atoms with van der Waals surface area (Å²) in [4.78, 5) is -0.210. The van der Waals surface area contributed by atoms with E-state index in [1.807, 2.05) is 18.6 Å². The maximum Gasteiger partial charge on any atom is 0.273 e. The first-order chi connectivity index (χ1) is 9.09. The molecule has 0 heterocycles. The van der Waals surface area contributed by atoms with E-state index >= 15 is 0 Å². The van der Waals surface area contributed by atoms with Crippen LogP contribution in [0.3, 0.4) is 0 Å².